The first-order valence-electron chi connectivity index (χ1n) is 10.8. The molecule has 7 heteroatoms. The minimum Gasteiger partial charge on any atom is -0.488 e. The number of nitrogens with zero attached hydrogens (tertiary/aromatic N) is 3. The fraction of sp³-hybridized carbons (Fsp3) is 0.192. The highest BCUT2D eigenvalue weighted by Gasteiger charge is 2.11. The zero-order valence-corrected chi connectivity index (χ0v) is 21.3. The molecular weight excluding hydrogens is 546 g/mol. The van der Waals surface area contributed by atoms with Crippen LogP contribution in [0.15, 0.2) is 85.6 Å². The van der Waals surface area contributed by atoms with Gasteiger partial charge in [-0.15, -0.1) is 0 Å². The molecule has 0 saturated heterocycles. The lowest BCUT2D eigenvalue weighted by Crippen LogP contribution is -2.22. The predicted molar refractivity (Wildman–Crippen MR) is 140 cm³/mol. The second-order valence-corrected chi connectivity index (χ2v) is 9.39. The molecule has 0 aliphatic carbocycles. The Bertz CT molecular complexity index is 1350. The van der Waals surface area contributed by atoms with Gasteiger partial charge in [-0.2, -0.15) is 9.78 Å². The van der Waals surface area contributed by atoms with Gasteiger partial charge in [0.15, 0.2) is 0 Å². The first-order valence-corrected chi connectivity index (χ1v) is 12.4. The summed E-state index contributed by atoms with van der Waals surface area (Å²) in [6.45, 7) is 2.60. The molecule has 1 heterocycles. The molecule has 4 aromatic rings. The number of benzene rings is 3. The minimum absolute atomic E-state index is 0.175. The Kier molecular flexibility index (Phi) is 7.73. The number of hydrogen-bond donors (Lipinski definition) is 0. The summed E-state index contributed by atoms with van der Waals surface area (Å²) >= 11 is 7.02. The Morgan fingerprint density at radius 2 is 1.88 bits per heavy atom. The SMILES string of the molecule is CCCCc1nc2ccc(Br)cc2c(=O)n1N=Cc1ccc(OCc2ccccc2)c(Br)c1. The van der Waals surface area contributed by atoms with Crippen molar-refractivity contribution in [1.82, 2.24) is 9.66 Å². The van der Waals surface area contributed by atoms with Crippen molar-refractivity contribution in [3.05, 3.63) is 103 Å². The number of halogens is 2. The van der Waals surface area contributed by atoms with E-state index in [4.69, 9.17) is 9.72 Å². The number of rotatable bonds is 8. The van der Waals surface area contributed by atoms with Gasteiger partial charge in [-0.1, -0.05) is 59.6 Å². The summed E-state index contributed by atoms with van der Waals surface area (Å²) in [4.78, 5) is 17.9. The number of aryl methyl sites for hydroxylation is 1. The lowest BCUT2D eigenvalue weighted by atomic mass is 10.2. The average Bonchev–Trinajstić information content (AvgIpc) is 2.83. The van der Waals surface area contributed by atoms with E-state index in [0.29, 0.717) is 29.8 Å². The number of aromatic nitrogens is 2. The third kappa shape index (κ3) is 5.78. The van der Waals surface area contributed by atoms with Gasteiger partial charge in [-0.05, 0) is 69.9 Å². The van der Waals surface area contributed by atoms with E-state index in [-0.39, 0.29) is 5.56 Å². The summed E-state index contributed by atoms with van der Waals surface area (Å²) in [5.74, 6) is 1.41. The lowest BCUT2D eigenvalue weighted by Gasteiger charge is -2.10. The summed E-state index contributed by atoms with van der Waals surface area (Å²) in [7, 11) is 0. The van der Waals surface area contributed by atoms with Gasteiger partial charge in [-0.25, -0.2) is 4.98 Å². The molecule has 0 bridgehead atoms. The fourth-order valence-corrected chi connectivity index (χ4v) is 4.26. The van der Waals surface area contributed by atoms with Crippen molar-refractivity contribution in [2.75, 3.05) is 0 Å². The zero-order chi connectivity index (χ0) is 23.2. The molecular formula is C26H23Br2N3O2. The molecule has 0 aliphatic heterocycles. The van der Waals surface area contributed by atoms with Crippen molar-refractivity contribution in [1.29, 1.82) is 0 Å². The summed E-state index contributed by atoms with van der Waals surface area (Å²) in [6, 6.07) is 21.3. The van der Waals surface area contributed by atoms with Crippen LogP contribution in [0.4, 0.5) is 0 Å². The lowest BCUT2D eigenvalue weighted by molar-refractivity contribution is 0.304. The highest BCUT2D eigenvalue weighted by molar-refractivity contribution is 9.10. The van der Waals surface area contributed by atoms with Crippen LogP contribution in [-0.2, 0) is 13.0 Å². The van der Waals surface area contributed by atoms with Crippen LogP contribution in [0.3, 0.4) is 0 Å². The maximum atomic E-state index is 13.2. The molecule has 0 amide bonds. The van der Waals surface area contributed by atoms with Crippen molar-refractivity contribution in [2.45, 2.75) is 32.8 Å². The molecule has 0 spiro atoms. The molecule has 0 unspecified atom stereocenters. The van der Waals surface area contributed by atoms with E-state index in [2.05, 4.69) is 43.9 Å². The zero-order valence-electron chi connectivity index (χ0n) is 18.2. The summed E-state index contributed by atoms with van der Waals surface area (Å²) < 4.78 is 8.99. The number of fused-ring (bicyclic) bond motifs is 1. The van der Waals surface area contributed by atoms with Crippen LogP contribution in [0.2, 0.25) is 0 Å². The van der Waals surface area contributed by atoms with Crippen LogP contribution < -0.4 is 10.3 Å². The first-order chi connectivity index (χ1) is 16.0. The van der Waals surface area contributed by atoms with Crippen LogP contribution in [0.25, 0.3) is 10.9 Å². The second-order valence-electron chi connectivity index (χ2n) is 7.62. The van der Waals surface area contributed by atoms with Crippen molar-refractivity contribution in [2.24, 2.45) is 5.10 Å². The fourth-order valence-electron chi connectivity index (χ4n) is 3.38. The van der Waals surface area contributed by atoms with Gasteiger partial charge >= 0.3 is 0 Å². The summed E-state index contributed by atoms with van der Waals surface area (Å²) in [5.41, 5.74) is 2.45. The minimum atomic E-state index is -0.175. The van der Waals surface area contributed by atoms with E-state index in [9.17, 15) is 4.79 Å². The molecule has 3 aromatic carbocycles. The van der Waals surface area contributed by atoms with E-state index in [0.717, 1.165) is 38.7 Å². The van der Waals surface area contributed by atoms with Gasteiger partial charge in [0.25, 0.3) is 5.56 Å². The van der Waals surface area contributed by atoms with E-state index in [1.165, 1.54) is 4.68 Å². The van der Waals surface area contributed by atoms with Crippen molar-refractivity contribution in [3.63, 3.8) is 0 Å². The Morgan fingerprint density at radius 1 is 1.06 bits per heavy atom. The third-order valence-corrected chi connectivity index (χ3v) is 6.26. The monoisotopic (exact) mass is 567 g/mol. The van der Waals surface area contributed by atoms with Crippen LogP contribution in [0.5, 0.6) is 5.75 Å². The van der Waals surface area contributed by atoms with Crippen molar-refractivity contribution < 1.29 is 4.74 Å². The van der Waals surface area contributed by atoms with Crippen molar-refractivity contribution >= 4 is 49.0 Å². The van der Waals surface area contributed by atoms with Gasteiger partial charge < -0.3 is 4.74 Å². The Morgan fingerprint density at radius 3 is 2.64 bits per heavy atom. The van der Waals surface area contributed by atoms with E-state index in [1.54, 1.807) is 12.3 Å². The summed E-state index contributed by atoms with van der Waals surface area (Å²) in [5, 5.41) is 5.05. The van der Waals surface area contributed by atoms with Crippen LogP contribution in [0.1, 0.15) is 36.7 Å². The Hall–Kier alpha value is -2.77. The van der Waals surface area contributed by atoms with Crippen molar-refractivity contribution in [3.8, 4) is 5.75 Å². The molecule has 4 rings (SSSR count). The van der Waals surface area contributed by atoms with Gasteiger partial charge in [0.05, 0.1) is 21.6 Å². The molecule has 0 atom stereocenters. The number of unbranched alkanes of at least 4 members (excludes halogenated alkanes) is 1. The predicted octanol–water partition coefficient (Wildman–Crippen LogP) is 6.73. The van der Waals surface area contributed by atoms with Crippen LogP contribution in [0, 0.1) is 0 Å². The normalized spacial score (nSPS) is 11.4. The average molecular weight is 569 g/mol. The third-order valence-electron chi connectivity index (χ3n) is 5.14. The molecule has 0 fully saturated rings. The molecule has 0 radical (unpaired) electrons. The second kappa shape index (κ2) is 10.9. The maximum Gasteiger partial charge on any atom is 0.282 e. The summed E-state index contributed by atoms with van der Waals surface area (Å²) in [6.07, 6.45) is 4.30. The maximum absolute atomic E-state index is 13.2. The van der Waals surface area contributed by atoms with Crippen LogP contribution in [-0.4, -0.2) is 15.9 Å². The topological polar surface area (TPSA) is 56.5 Å². The Balaban J connectivity index is 1.61. The van der Waals surface area contributed by atoms with Gasteiger partial charge in [-0.3, -0.25) is 4.79 Å². The van der Waals surface area contributed by atoms with Crippen LogP contribution >= 0.6 is 31.9 Å². The molecule has 0 saturated carbocycles. The Labute approximate surface area is 209 Å². The standard InChI is InChI=1S/C26H23Br2N3O2/c1-2-3-9-25-30-23-12-11-20(27)15-21(23)26(32)31(25)29-16-19-10-13-24(22(28)14-19)33-17-18-7-5-4-6-8-18/h4-8,10-16H,2-3,9,17H2,1H3. The molecule has 33 heavy (non-hydrogen) atoms. The largest absolute Gasteiger partial charge is 0.488 e. The highest BCUT2D eigenvalue weighted by atomic mass is 79.9. The quantitative estimate of drug-likeness (QED) is 0.222. The van der Waals surface area contributed by atoms with Gasteiger partial charge in [0.1, 0.15) is 18.2 Å². The van der Waals surface area contributed by atoms with E-state index < -0.39 is 0 Å². The molecule has 5 nitrogen and oxygen atoms in total. The number of ether oxygens (including phenoxy) is 1. The molecule has 0 N–H and O–H groups in total. The number of hydrogen-bond acceptors (Lipinski definition) is 4. The molecule has 168 valence electrons. The van der Waals surface area contributed by atoms with E-state index in [1.807, 2.05) is 60.7 Å². The molecule has 1 aromatic heterocycles. The van der Waals surface area contributed by atoms with Gasteiger partial charge in [0, 0.05) is 10.9 Å². The van der Waals surface area contributed by atoms with Gasteiger partial charge in [0.2, 0.25) is 0 Å². The molecule has 0 aliphatic rings. The first kappa shape index (κ1) is 23.4. The highest BCUT2D eigenvalue weighted by Crippen LogP contribution is 2.26. The smallest absolute Gasteiger partial charge is 0.282 e. The van der Waals surface area contributed by atoms with E-state index >= 15 is 0 Å².